The lowest BCUT2D eigenvalue weighted by Gasteiger charge is -2.21. The molecule has 0 amide bonds. The molecule has 0 fully saturated rings. The molecule has 110 valence electrons. The largest absolute Gasteiger partial charge is 0.492 e. The molecule has 1 aromatic carbocycles. The molecule has 0 aliphatic rings. The summed E-state index contributed by atoms with van der Waals surface area (Å²) in [4.78, 5) is 0. The zero-order valence-electron chi connectivity index (χ0n) is 12.4. The third kappa shape index (κ3) is 4.33. The maximum atomic E-state index is 8.83. The molecule has 1 N–H and O–H groups in total. The van der Waals surface area contributed by atoms with Gasteiger partial charge in [-0.2, -0.15) is 10.4 Å². The Labute approximate surface area is 125 Å². The van der Waals surface area contributed by atoms with Crippen LogP contribution in [0.25, 0.3) is 0 Å². The molecule has 0 saturated carbocycles. The summed E-state index contributed by atoms with van der Waals surface area (Å²) in [5.74, 6) is 0.726. The second-order valence-corrected chi connectivity index (χ2v) is 4.96. The summed E-state index contributed by atoms with van der Waals surface area (Å²) in [6, 6.07) is 11.8. The van der Waals surface area contributed by atoms with Crippen LogP contribution in [0.5, 0.6) is 5.75 Å². The van der Waals surface area contributed by atoms with Gasteiger partial charge >= 0.3 is 0 Å². The van der Waals surface area contributed by atoms with Crippen molar-refractivity contribution in [3.63, 3.8) is 0 Å². The van der Waals surface area contributed by atoms with E-state index in [0.717, 1.165) is 12.3 Å². The summed E-state index contributed by atoms with van der Waals surface area (Å²) in [5, 5.41) is 16.5. The third-order valence-corrected chi connectivity index (χ3v) is 3.47. The van der Waals surface area contributed by atoms with Gasteiger partial charge in [-0.3, -0.25) is 4.68 Å². The number of nitrogens with one attached hydrogen (secondary N) is 1. The SMILES string of the molecule is C[C@H](NCCOc1cccc(C#N)c1)[C@H](C)n1cccn1. The van der Waals surface area contributed by atoms with Gasteiger partial charge in [-0.25, -0.2) is 0 Å². The predicted molar refractivity (Wildman–Crippen MR) is 81.1 cm³/mol. The number of aromatic nitrogens is 2. The number of benzene rings is 1. The summed E-state index contributed by atoms with van der Waals surface area (Å²) in [7, 11) is 0. The van der Waals surface area contributed by atoms with E-state index >= 15 is 0 Å². The van der Waals surface area contributed by atoms with Crippen LogP contribution in [0.1, 0.15) is 25.5 Å². The van der Waals surface area contributed by atoms with Gasteiger partial charge in [-0.05, 0) is 38.1 Å². The van der Waals surface area contributed by atoms with Crippen molar-refractivity contribution in [2.24, 2.45) is 0 Å². The smallest absolute Gasteiger partial charge is 0.120 e. The highest BCUT2D eigenvalue weighted by atomic mass is 16.5. The van der Waals surface area contributed by atoms with Crippen molar-refractivity contribution in [3.05, 3.63) is 48.3 Å². The van der Waals surface area contributed by atoms with E-state index in [0.29, 0.717) is 18.2 Å². The van der Waals surface area contributed by atoms with E-state index in [1.54, 1.807) is 18.3 Å². The highest BCUT2D eigenvalue weighted by Crippen LogP contribution is 2.12. The maximum Gasteiger partial charge on any atom is 0.120 e. The minimum atomic E-state index is 0.280. The molecule has 21 heavy (non-hydrogen) atoms. The normalized spacial score (nSPS) is 13.4. The van der Waals surface area contributed by atoms with Crippen molar-refractivity contribution >= 4 is 0 Å². The number of hydrogen-bond acceptors (Lipinski definition) is 4. The van der Waals surface area contributed by atoms with Crippen LogP contribution in [0, 0.1) is 11.3 Å². The van der Waals surface area contributed by atoms with Gasteiger partial charge in [0, 0.05) is 25.0 Å². The van der Waals surface area contributed by atoms with Crippen molar-refractivity contribution < 1.29 is 4.74 Å². The van der Waals surface area contributed by atoms with Crippen molar-refractivity contribution in [2.75, 3.05) is 13.2 Å². The van der Waals surface area contributed by atoms with Crippen LogP contribution in [0.15, 0.2) is 42.7 Å². The summed E-state index contributed by atoms with van der Waals surface area (Å²) >= 11 is 0. The average Bonchev–Trinajstić information content (AvgIpc) is 3.05. The number of nitrogens with zero attached hydrogens (tertiary/aromatic N) is 3. The fourth-order valence-corrected chi connectivity index (χ4v) is 2.03. The Morgan fingerprint density at radius 1 is 1.38 bits per heavy atom. The maximum absolute atomic E-state index is 8.83. The fraction of sp³-hybridized carbons (Fsp3) is 0.375. The van der Waals surface area contributed by atoms with Crippen LogP contribution in [-0.4, -0.2) is 29.0 Å². The zero-order valence-corrected chi connectivity index (χ0v) is 12.4. The van der Waals surface area contributed by atoms with E-state index in [9.17, 15) is 0 Å². The van der Waals surface area contributed by atoms with Crippen LogP contribution in [0.3, 0.4) is 0 Å². The molecule has 0 radical (unpaired) electrons. The van der Waals surface area contributed by atoms with E-state index in [2.05, 4.69) is 30.3 Å². The molecule has 5 nitrogen and oxygen atoms in total. The van der Waals surface area contributed by atoms with Crippen molar-refractivity contribution in [1.82, 2.24) is 15.1 Å². The van der Waals surface area contributed by atoms with Gasteiger partial charge in [0.05, 0.1) is 17.7 Å². The molecule has 0 unspecified atom stereocenters. The fourth-order valence-electron chi connectivity index (χ4n) is 2.03. The second kappa shape index (κ2) is 7.46. The first-order chi connectivity index (χ1) is 10.2. The van der Waals surface area contributed by atoms with Crippen LogP contribution < -0.4 is 10.1 Å². The van der Waals surface area contributed by atoms with Gasteiger partial charge in [0.15, 0.2) is 0 Å². The van der Waals surface area contributed by atoms with E-state index in [-0.39, 0.29) is 6.04 Å². The van der Waals surface area contributed by atoms with E-state index < -0.39 is 0 Å². The quantitative estimate of drug-likeness (QED) is 0.793. The topological polar surface area (TPSA) is 62.9 Å². The van der Waals surface area contributed by atoms with Crippen LogP contribution in [0.4, 0.5) is 0 Å². The molecular weight excluding hydrogens is 264 g/mol. The van der Waals surface area contributed by atoms with Gasteiger partial charge in [0.2, 0.25) is 0 Å². The van der Waals surface area contributed by atoms with Gasteiger partial charge in [-0.1, -0.05) is 6.07 Å². The van der Waals surface area contributed by atoms with E-state index in [1.807, 2.05) is 29.1 Å². The standard InChI is InChI=1S/C16H20N4O/c1-13(14(2)20-9-4-7-19-20)18-8-10-21-16-6-3-5-15(11-16)12-17/h3-7,9,11,13-14,18H,8,10H2,1-2H3/t13-,14-/m0/s1. The molecule has 1 aromatic heterocycles. The summed E-state index contributed by atoms with van der Waals surface area (Å²) < 4.78 is 7.57. The number of nitriles is 1. The first-order valence-electron chi connectivity index (χ1n) is 7.06. The molecule has 2 aromatic rings. The van der Waals surface area contributed by atoms with Crippen LogP contribution in [-0.2, 0) is 0 Å². The highest BCUT2D eigenvalue weighted by molar-refractivity contribution is 5.36. The lowest BCUT2D eigenvalue weighted by molar-refractivity contribution is 0.289. The van der Waals surface area contributed by atoms with E-state index in [4.69, 9.17) is 10.00 Å². The second-order valence-electron chi connectivity index (χ2n) is 4.96. The molecule has 0 aliphatic heterocycles. The lowest BCUT2D eigenvalue weighted by Crippen LogP contribution is -2.36. The molecule has 0 spiro atoms. The first-order valence-corrected chi connectivity index (χ1v) is 7.06. The Balaban J connectivity index is 1.73. The molecule has 0 aliphatic carbocycles. The van der Waals surface area contributed by atoms with E-state index in [1.165, 1.54) is 0 Å². The zero-order chi connectivity index (χ0) is 15.1. The minimum absolute atomic E-state index is 0.280. The first kappa shape index (κ1) is 15.1. The summed E-state index contributed by atoms with van der Waals surface area (Å²) in [6.07, 6.45) is 3.75. The predicted octanol–water partition coefficient (Wildman–Crippen LogP) is 2.37. The number of rotatable bonds is 7. The van der Waals surface area contributed by atoms with Crippen LogP contribution in [0.2, 0.25) is 0 Å². The molecule has 0 saturated heterocycles. The Hall–Kier alpha value is -2.32. The van der Waals surface area contributed by atoms with Gasteiger partial charge in [0.25, 0.3) is 0 Å². The number of ether oxygens (including phenoxy) is 1. The third-order valence-electron chi connectivity index (χ3n) is 3.47. The van der Waals surface area contributed by atoms with Crippen molar-refractivity contribution in [1.29, 1.82) is 5.26 Å². The highest BCUT2D eigenvalue weighted by Gasteiger charge is 2.13. The lowest BCUT2D eigenvalue weighted by atomic mass is 10.2. The van der Waals surface area contributed by atoms with Crippen molar-refractivity contribution in [2.45, 2.75) is 25.9 Å². The molecular formula is C16H20N4O. The molecule has 2 rings (SSSR count). The molecule has 0 bridgehead atoms. The Kier molecular flexibility index (Phi) is 5.35. The molecule has 5 heteroatoms. The Morgan fingerprint density at radius 2 is 2.24 bits per heavy atom. The van der Waals surface area contributed by atoms with Crippen molar-refractivity contribution in [3.8, 4) is 11.8 Å². The average molecular weight is 284 g/mol. The van der Waals surface area contributed by atoms with Crippen LogP contribution >= 0.6 is 0 Å². The Bertz CT molecular complexity index is 589. The minimum Gasteiger partial charge on any atom is -0.492 e. The Morgan fingerprint density at radius 3 is 2.95 bits per heavy atom. The molecule has 1 heterocycles. The van der Waals surface area contributed by atoms with Gasteiger partial charge < -0.3 is 10.1 Å². The number of hydrogen-bond donors (Lipinski definition) is 1. The van der Waals surface area contributed by atoms with Gasteiger partial charge in [-0.15, -0.1) is 0 Å². The molecule has 2 atom stereocenters. The monoisotopic (exact) mass is 284 g/mol. The van der Waals surface area contributed by atoms with Gasteiger partial charge in [0.1, 0.15) is 12.4 Å². The summed E-state index contributed by atoms with van der Waals surface area (Å²) in [6.45, 7) is 5.55. The summed E-state index contributed by atoms with van der Waals surface area (Å²) in [5.41, 5.74) is 0.612.